The maximum Gasteiger partial charge on any atom is 0.251 e. The van der Waals surface area contributed by atoms with Gasteiger partial charge in [-0.05, 0) is 54.3 Å². The van der Waals surface area contributed by atoms with E-state index in [1.54, 1.807) is 12.1 Å². The highest BCUT2D eigenvalue weighted by molar-refractivity contribution is 6.31. The summed E-state index contributed by atoms with van der Waals surface area (Å²) < 4.78 is 13.2. The number of aryl methyl sites for hydroxylation is 1. The molecule has 22 heavy (non-hydrogen) atoms. The highest BCUT2D eigenvalue weighted by Gasteiger charge is 2.24. The first-order chi connectivity index (χ1) is 10.6. The third-order valence-electron chi connectivity index (χ3n) is 3.84. The Labute approximate surface area is 132 Å². The molecule has 5 heteroatoms. The van der Waals surface area contributed by atoms with Gasteiger partial charge in [-0.3, -0.25) is 4.79 Å². The predicted molar refractivity (Wildman–Crippen MR) is 81.1 cm³/mol. The zero-order valence-electron chi connectivity index (χ0n) is 11.6. The van der Waals surface area contributed by atoms with Gasteiger partial charge < -0.3 is 5.32 Å². The molecule has 3 nitrogen and oxygen atoms in total. The highest BCUT2D eigenvalue weighted by atomic mass is 35.5. The summed E-state index contributed by atoms with van der Waals surface area (Å²) in [5.41, 5.74) is 2.53. The summed E-state index contributed by atoms with van der Waals surface area (Å²) in [6, 6.07) is 11.0. The molecule has 0 saturated heterocycles. The predicted octanol–water partition coefficient (Wildman–Crippen LogP) is 3.77. The van der Waals surface area contributed by atoms with Crippen molar-refractivity contribution < 1.29 is 9.18 Å². The molecule has 1 atom stereocenters. The van der Waals surface area contributed by atoms with E-state index in [0.717, 1.165) is 24.0 Å². The standard InChI is InChI=1S/C17H12ClFN2O/c18-15-5-1-11(7-12(15)9-20)17(22)21-16-6-2-10-8-13(19)3-4-14(10)16/h1,3-5,7-8,16H,2,6H2,(H,21,22)/t16-/m1/s1. The van der Waals surface area contributed by atoms with E-state index in [1.165, 1.54) is 24.3 Å². The van der Waals surface area contributed by atoms with Crippen molar-refractivity contribution in [1.82, 2.24) is 5.32 Å². The minimum atomic E-state index is -0.268. The van der Waals surface area contributed by atoms with Crippen LogP contribution in [0, 0.1) is 17.1 Å². The zero-order valence-corrected chi connectivity index (χ0v) is 12.3. The summed E-state index contributed by atoms with van der Waals surface area (Å²) in [6.45, 7) is 0. The van der Waals surface area contributed by atoms with Gasteiger partial charge in [0.15, 0.2) is 0 Å². The van der Waals surface area contributed by atoms with Crippen molar-refractivity contribution in [3.63, 3.8) is 0 Å². The first-order valence-corrected chi connectivity index (χ1v) is 7.25. The van der Waals surface area contributed by atoms with E-state index in [2.05, 4.69) is 5.32 Å². The number of fused-ring (bicyclic) bond motifs is 1. The second kappa shape index (κ2) is 5.78. The molecule has 0 fully saturated rings. The van der Waals surface area contributed by atoms with Crippen molar-refractivity contribution in [2.75, 3.05) is 0 Å². The average molecular weight is 315 g/mol. The summed E-state index contributed by atoms with van der Waals surface area (Å²) >= 11 is 5.86. The van der Waals surface area contributed by atoms with Gasteiger partial charge in [-0.1, -0.05) is 17.7 Å². The minimum absolute atomic E-state index is 0.135. The Kier molecular flexibility index (Phi) is 3.82. The van der Waals surface area contributed by atoms with Gasteiger partial charge in [0.1, 0.15) is 11.9 Å². The van der Waals surface area contributed by atoms with E-state index < -0.39 is 0 Å². The molecular formula is C17H12ClFN2O. The minimum Gasteiger partial charge on any atom is -0.345 e. The van der Waals surface area contributed by atoms with Crippen LogP contribution in [0.4, 0.5) is 4.39 Å². The van der Waals surface area contributed by atoms with Crippen LogP contribution in [0.1, 0.15) is 39.5 Å². The molecule has 0 spiro atoms. The molecular weight excluding hydrogens is 303 g/mol. The van der Waals surface area contributed by atoms with Crippen LogP contribution in [-0.4, -0.2) is 5.91 Å². The molecule has 0 unspecified atom stereocenters. The number of amides is 1. The number of nitriles is 1. The maximum atomic E-state index is 13.2. The van der Waals surface area contributed by atoms with Crippen molar-refractivity contribution in [3.05, 3.63) is 69.5 Å². The first-order valence-electron chi connectivity index (χ1n) is 6.87. The number of carbonyl (C=O) groups is 1. The third kappa shape index (κ3) is 2.68. The Bertz CT molecular complexity index is 798. The molecule has 1 amide bonds. The van der Waals surface area contributed by atoms with E-state index in [-0.39, 0.29) is 23.3 Å². The van der Waals surface area contributed by atoms with E-state index in [1.807, 2.05) is 6.07 Å². The lowest BCUT2D eigenvalue weighted by Gasteiger charge is -2.14. The third-order valence-corrected chi connectivity index (χ3v) is 4.17. The Morgan fingerprint density at radius 1 is 1.32 bits per heavy atom. The lowest BCUT2D eigenvalue weighted by molar-refractivity contribution is 0.0936. The van der Waals surface area contributed by atoms with E-state index >= 15 is 0 Å². The molecule has 0 saturated carbocycles. The fourth-order valence-corrected chi connectivity index (χ4v) is 2.89. The topological polar surface area (TPSA) is 52.9 Å². The van der Waals surface area contributed by atoms with E-state index in [9.17, 15) is 9.18 Å². The van der Waals surface area contributed by atoms with Crippen LogP contribution in [0.3, 0.4) is 0 Å². The smallest absolute Gasteiger partial charge is 0.251 e. The molecule has 0 aliphatic heterocycles. The fraction of sp³-hybridized carbons (Fsp3) is 0.176. The van der Waals surface area contributed by atoms with Gasteiger partial charge in [-0.15, -0.1) is 0 Å². The van der Waals surface area contributed by atoms with Crippen LogP contribution in [0.2, 0.25) is 5.02 Å². The zero-order chi connectivity index (χ0) is 15.7. The number of hydrogen-bond donors (Lipinski definition) is 1. The number of halogens is 2. The molecule has 0 heterocycles. The Morgan fingerprint density at radius 3 is 2.91 bits per heavy atom. The molecule has 0 bridgehead atoms. The van der Waals surface area contributed by atoms with Gasteiger partial charge in [0.05, 0.1) is 16.6 Å². The van der Waals surface area contributed by atoms with Crippen LogP contribution >= 0.6 is 11.6 Å². The molecule has 110 valence electrons. The average Bonchev–Trinajstić information content (AvgIpc) is 2.89. The van der Waals surface area contributed by atoms with Crippen molar-refractivity contribution in [2.24, 2.45) is 0 Å². The second-order valence-corrected chi connectivity index (χ2v) is 5.62. The quantitative estimate of drug-likeness (QED) is 0.917. The number of nitrogens with one attached hydrogen (secondary N) is 1. The number of benzene rings is 2. The Balaban J connectivity index is 1.81. The van der Waals surface area contributed by atoms with Crippen LogP contribution < -0.4 is 5.32 Å². The van der Waals surface area contributed by atoms with E-state index in [4.69, 9.17) is 16.9 Å². The van der Waals surface area contributed by atoms with Crippen molar-refractivity contribution in [1.29, 1.82) is 5.26 Å². The summed E-state index contributed by atoms with van der Waals surface area (Å²) in [5.74, 6) is -0.530. The molecule has 0 aromatic heterocycles. The summed E-state index contributed by atoms with van der Waals surface area (Å²) in [6.07, 6.45) is 1.48. The van der Waals surface area contributed by atoms with Gasteiger partial charge in [-0.2, -0.15) is 5.26 Å². The molecule has 2 aromatic rings. The number of hydrogen-bond acceptors (Lipinski definition) is 2. The number of nitrogens with zero attached hydrogens (tertiary/aromatic N) is 1. The van der Waals surface area contributed by atoms with Gasteiger partial charge in [0.2, 0.25) is 0 Å². The Hall–Kier alpha value is -2.38. The second-order valence-electron chi connectivity index (χ2n) is 5.21. The molecule has 1 N–H and O–H groups in total. The van der Waals surface area contributed by atoms with Gasteiger partial charge >= 0.3 is 0 Å². The normalized spacial score (nSPS) is 16.0. The lowest BCUT2D eigenvalue weighted by atomic mass is 10.1. The highest BCUT2D eigenvalue weighted by Crippen LogP contribution is 2.31. The lowest BCUT2D eigenvalue weighted by Crippen LogP contribution is -2.27. The molecule has 3 rings (SSSR count). The summed E-state index contributed by atoms with van der Waals surface area (Å²) in [4.78, 5) is 12.3. The molecule has 2 aromatic carbocycles. The van der Waals surface area contributed by atoms with Crippen LogP contribution in [0.15, 0.2) is 36.4 Å². The van der Waals surface area contributed by atoms with Crippen LogP contribution in [-0.2, 0) is 6.42 Å². The van der Waals surface area contributed by atoms with Crippen LogP contribution in [0.25, 0.3) is 0 Å². The van der Waals surface area contributed by atoms with E-state index in [0.29, 0.717) is 10.6 Å². The van der Waals surface area contributed by atoms with Gasteiger partial charge in [0, 0.05) is 5.56 Å². The molecule has 1 aliphatic carbocycles. The SMILES string of the molecule is N#Cc1cc(C(=O)N[C@@H]2CCc3cc(F)ccc32)ccc1Cl. The molecule has 1 aliphatic rings. The number of rotatable bonds is 2. The number of carbonyl (C=O) groups excluding carboxylic acids is 1. The van der Waals surface area contributed by atoms with Gasteiger partial charge in [0.25, 0.3) is 5.91 Å². The van der Waals surface area contributed by atoms with Crippen molar-refractivity contribution in [3.8, 4) is 6.07 Å². The fourth-order valence-electron chi connectivity index (χ4n) is 2.73. The maximum absolute atomic E-state index is 13.2. The van der Waals surface area contributed by atoms with Gasteiger partial charge in [-0.25, -0.2) is 4.39 Å². The van der Waals surface area contributed by atoms with Crippen molar-refractivity contribution in [2.45, 2.75) is 18.9 Å². The first kappa shape index (κ1) is 14.6. The summed E-state index contributed by atoms with van der Waals surface area (Å²) in [7, 11) is 0. The Morgan fingerprint density at radius 2 is 2.14 bits per heavy atom. The monoisotopic (exact) mass is 314 g/mol. The van der Waals surface area contributed by atoms with Crippen LogP contribution in [0.5, 0.6) is 0 Å². The van der Waals surface area contributed by atoms with Crippen molar-refractivity contribution >= 4 is 17.5 Å². The molecule has 0 radical (unpaired) electrons. The largest absolute Gasteiger partial charge is 0.345 e. The summed E-state index contributed by atoms with van der Waals surface area (Å²) in [5, 5.41) is 12.2.